The van der Waals surface area contributed by atoms with Crippen molar-refractivity contribution < 1.29 is 10.2 Å². The fourth-order valence-corrected chi connectivity index (χ4v) is 5.12. The Hall–Kier alpha value is -0.640. The second-order valence-corrected chi connectivity index (χ2v) is 9.66. The summed E-state index contributed by atoms with van der Waals surface area (Å²) in [6.07, 6.45) is 18.5. The van der Waals surface area contributed by atoms with Crippen LogP contribution in [0.3, 0.4) is 0 Å². The molecule has 0 aromatic rings. The molecule has 2 rings (SSSR count). The third-order valence-corrected chi connectivity index (χ3v) is 7.06. The number of aliphatic hydroxyl groups is 2. The summed E-state index contributed by atoms with van der Waals surface area (Å²) in [6, 6.07) is 0. The molecule has 0 saturated heterocycles. The monoisotopic (exact) mass is 391 g/mol. The molecule has 0 bridgehead atoms. The van der Waals surface area contributed by atoms with Gasteiger partial charge in [0, 0.05) is 5.92 Å². The van der Waals surface area contributed by atoms with Crippen LogP contribution in [-0.4, -0.2) is 47.5 Å². The summed E-state index contributed by atoms with van der Waals surface area (Å²) in [5, 5.41) is 21.3. The summed E-state index contributed by atoms with van der Waals surface area (Å²) in [5.74, 6) is 1.40. The molecule has 1 saturated carbocycles. The maximum absolute atomic E-state index is 10.8. The highest BCUT2D eigenvalue weighted by Crippen LogP contribution is 2.48. The molecule has 162 valence electrons. The Morgan fingerprint density at radius 3 is 2.64 bits per heavy atom. The minimum Gasteiger partial charge on any atom is -0.392 e. The highest BCUT2D eigenvalue weighted by Gasteiger charge is 2.43. The molecule has 0 amide bonds. The zero-order chi connectivity index (χ0) is 20.6. The summed E-state index contributed by atoms with van der Waals surface area (Å²) >= 11 is 0. The first-order valence-electron chi connectivity index (χ1n) is 11.8. The van der Waals surface area contributed by atoms with E-state index in [1.54, 1.807) is 5.57 Å². The molecule has 0 unspecified atom stereocenters. The summed E-state index contributed by atoms with van der Waals surface area (Å²) in [7, 11) is 4.29. The van der Waals surface area contributed by atoms with Crippen LogP contribution >= 0.6 is 0 Å². The maximum Gasteiger partial charge on any atom is 0.0679 e. The fraction of sp³-hybridized carbons (Fsp3) is 0.840. The highest BCUT2D eigenvalue weighted by atomic mass is 16.3. The molecule has 0 aliphatic heterocycles. The Kier molecular flexibility index (Phi) is 9.73. The van der Waals surface area contributed by atoms with E-state index < -0.39 is 5.60 Å². The summed E-state index contributed by atoms with van der Waals surface area (Å²) in [5.41, 5.74) is 1.05. The lowest BCUT2D eigenvalue weighted by Crippen LogP contribution is -2.27. The zero-order valence-corrected chi connectivity index (χ0v) is 18.9. The molecule has 28 heavy (non-hydrogen) atoms. The van der Waals surface area contributed by atoms with E-state index in [2.05, 4.69) is 51.1 Å². The van der Waals surface area contributed by atoms with E-state index in [4.69, 9.17) is 0 Å². The topological polar surface area (TPSA) is 43.7 Å². The first-order valence-corrected chi connectivity index (χ1v) is 11.8. The molecule has 0 radical (unpaired) electrons. The van der Waals surface area contributed by atoms with Gasteiger partial charge in [-0.25, -0.2) is 0 Å². The van der Waals surface area contributed by atoms with Gasteiger partial charge in [0.2, 0.25) is 0 Å². The number of allylic oxidation sites excluding steroid dienone is 2. The van der Waals surface area contributed by atoms with Crippen molar-refractivity contribution in [2.24, 2.45) is 17.8 Å². The van der Waals surface area contributed by atoms with Gasteiger partial charge in [0.1, 0.15) is 0 Å². The van der Waals surface area contributed by atoms with Crippen LogP contribution in [0.25, 0.3) is 0 Å². The predicted molar refractivity (Wildman–Crippen MR) is 119 cm³/mol. The molecule has 0 heterocycles. The number of hydrogen-bond acceptors (Lipinski definition) is 3. The zero-order valence-electron chi connectivity index (χ0n) is 18.9. The largest absolute Gasteiger partial charge is 0.392 e. The van der Waals surface area contributed by atoms with Crippen LogP contribution in [0.5, 0.6) is 0 Å². The summed E-state index contributed by atoms with van der Waals surface area (Å²) in [4.78, 5) is 2.26. The minimum atomic E-state index is -0.568. The van der Waals surface area contributed by atoms with Crippen LogP contribution in [0.1, 0.15) is 84.5 Å². The van der Waals surface area contributed by atoms with Crippen molar-refractivity contribution in [1.82, 2.24) is 4.90 Å². The van der Waals surface area contributed by atoms with Crippen molar-refractivity contribution >= 4 is 0 Å². The maximum atomic E-state index is 10.8. The Bertz CT molecular complexity index is 513. The molecule has 2 aliphatic carbocycles. The van der Waals surface area contributed by atoms with Crippen molar-refractivity contribution in [2.75, 3.05) is 20.6 Å². The summed E-state index contributed by atoms with van der Waals surface area (Å²) < 4.78 is 0. The molecule has 2 N–H and O–H groups in total. The average molecular weight is 392 g/mol. The highest BCUT2D eigenvalue weighted by molar-refractivity contribution is 5.20. The number of fused-ring (bicyclic) bond motifs is 1. The van der Waals surface area contributed by atoms with Gasteiger partial charge in [0.05, 0.1) is 11.7 Å². The number of hydrogen-bond donors (Lipinski definition) is 2. The molecule has 0 aromatic carbocycles. The first kappa shape index (κ1) is 23.6. The third-order valence-electron chi connectivity index (χ3n) is 7.06. The lowest BCUT2D eigenvalue weighted by Gasteiger charge is -2.26. The fourth-order valence-electron chi connectivity index (χ4n) is 5.12. The van der Waals surface area contributed by atoms with E-state index in [1.807, 2.05) is 0 Å². The van der Waals surface area contributed by atoms with Gasteiger partial charge in [-0.05, 0) is 83.8 Å². The second-order valence-electron chi connectivity index (χ2n) is 9.66. The van der Waals surface area contributed by atoms with Gasteiger partial charge in [0.15, 0.2) is 0 Å². The van der Waals surface area contributed by atoms with Gasteiger partial charge in [-0.15, -0.1) is 0 Å². The van der Waals surface area contributed by atoms with Crippen molar-refractivity contribution in [3.05, 3.63) is 23.8 Å². The Balaban J connectivity index is 1.80. The molecule has 5 atom stereocenters. The van der Waals surface area contributed by atoms with Crippen molar-refractivity contribution in [2.45, 2.75) is 96.2 Å². The van der Waals surface area contributed by atoms with Gasteiger partial charge in [0.25, 0.3) is 0 Å². The SMILES string of the molecule is CCCC[C@](O)(CC)CC=C[C@@H]1[C@H]2CC(CCCCCN(C)C)=C[C@H]2C[C@H]1O. The van der Waals surface area contributed by atoms with Gasteiger partial charge >= 0.3 is 0 Å². The van der Waals surface area contributed by atoms with Crippen LogP contribution < -0.4 is 0 Å². The van der Waals surface area contributed by atoms with E-state index in [1.165, 1.54) is 32.2 Å². The predicted octanol–water partition coefficient (Wildman–Crippen LogP) is 5.33. The van der Waals surface area contributed by atoms with E-state index in [0.717, 1.165) is 44.9 Å². The van der Waals surface area contributed by atoms with E-state index in [9.17, 15) is 10.2 Å². The summed E-state index contributed by atoms with van der Waals surface area (Å²) in [6.45, 7) is 5.44. The molecule has 2 aliphatic rings. The Labute approximate surface area is 173 Å². The average Bonchev–Trinajstić information content (AvgIpc) is 3.17. The molecule has 3 heteroatoms. The number of aliphatic hydroxyl groups excluding tert-OH is 1. The molecule has 1 fully saturated rings. The Morgan fingerprint density at radius 2 is 1.96 bits per heavy atom. The van der Waals surface area contributed by atoms with Crippen molar-refractivity contribution in [1.29, 1.82) is 0 Å². The quantitative estimate of drug-likeness (QED) is 0.329. The third kappa shape index (κ3) is 7.00. The second kappa shape index (κ2) is 11.5. The lowest BCUT2D eigenvalue weighted by atomic mass is 9.86. The normalized spacial score (nSPS) is 29.5. The van der Waals surface area contributed by atoms with Crippen molar-refractivity contribution in [3.63, 3.8) is 0 Å². The van der Waals surface area contributed by atoms with Crippen LogP contribution in [0.2, 0.25) is 0 Å². The van der Waals surface area contributed by atoms with E-state index >= 15 is 0 Å². The van der Waals surface area contributed by atoms with Crippen molar-refractivity contribution in [3.8, 4) is 0 Å². The van der Waals surface area contributed by atoms with Crippen LogP contribution in [0.15, 0.2) is 23.8 Å². The van der Waals surface area contributed by atoms with E-state index in [0.29, 0.717) is 11.8 Å². The molecular formula is C25H45NO2. The minimum absolute atomic E-state index is 0.213. The molecule has 0 spiro atoms. The number of rotatable bonds is 13. The van der Waals surface area contributed by atoms with Gasteiger partial charge in [-0.1, -0.05) is 56.9 Å². The smallest absolute Gasteiger partial charge is 0.0679 e. The van der Waals surface area contributed by atoms with Gasteiger partial charge in [-0.3, -0.25) is 0 Å². The number of nitrogens with zero attached hydrogens (tertiary/aromatic N) is 1. The van der Waals surface area contributed by atoms with Crippen LogP contribution in [0.4, 0.5) is 0 Å². The standard InChI is InChI=1S/C25H45NO2/c1-5-7-14-25(28,6-2)15-11-13-22-23-18-20(17-21(23)19-24(22)27)12-9-8-10-16-26(3)4/h11,13,17,21-24,27-28H,5-10,12,14-16,18-19H2,1-4H3/t21-,22+,23-,24+,25+/m0/s1. The Morgan fingerprint density at radius 1 is 1.18 bits per heavy atom. The van der Waals surface area contributed by atoms with E-state index in [-0.39, 0.29) is 12.0 Å². The van der Waals surface area contributed by atoms with Crippen LogP contribution in [0, 0.1) is 17.8 Å². The molecular weight excluding hydrogens is 346 g/mol. The molecule has 0 aromatic heterocycles. The van der Waals surface area contributed by atoms with Gasteiger partial charge in [-0.2, -0.15) is 0 Å². The molecule has 3 nitrogen and oxygen atoms in total. The van der Waals surface area contributed by atoms with Crippen LogP contribution in [-0.2, 0) is 0 Å². The lowest BCUT2D eigenvalue weighted by molar-refractivity contribution is 0.0280. The number of unbranched alkanes of at least 4 members (excludes halogenated alkanes) is 3. The van der Waals surface area contributed by atoms with Gasteiger partial charge < -0.3 is 15.1 Å². The first-order chi connectivity index (χ1) is 13.4.